The van der Waals surface area contributed by atoms with E-state index in [1.807, 2.05) is 24.3 Å². The van der Waals surface area contributed by atoms with E-state index in [1.54, 1.807) is 0 Å². The molecule has 0 heterocycles. The monoisotopic (exact) mass is 446 g/mol. The van der Waals surface area contributed by atoms with E-state index in [0.29, 0.717) is 19.1 Å². The fourth-order valence-electron chi connectivity index (χ4n) is 3.79. The Morgan fingerprint density at radius 1 is 0.812 bits per heavy atom. The highest BCUT2D eigenvalue weighted by Crippen LogP contribution is 2.24. The van der Waals surface area contributed by atoms with Gasteiger partial charge >= 0.3 is 0 Å². The van der Waals surface area contributed by atoms with Gasteiger partial charge in [0.2, 0.25) is 5.91 Å². The average Bonchev–Trinajstić information content (AvgIpc) is 2.78. The van der Waals surface area contributed by atoms with Crippen molar-refractivity contribution in [3.63, 3.8) is 0 Å². The van der Waals surface area contributed by atoms with Crippen LogP contribution in [0.1, 0.15) is 111 Å². The molecule has 4 heteroatoms. The van der Waals surface area contributed by atoms with Crippen LogP contribution in [0.2, 0.25) is 0 Å². The van der Waals surface area contributed by atoms with Crippen LogP contribution in [0.25, 0.3) is 0 Å². The molecule has 0 fully saturated rings. The average molecular weight is 447 g/mol. The number of carbonyl (C=O) groups excluding carboxylic acids is 1. The number of rotatable bonds is 21. The number of unbranched alkanes of at least 4 members (excludes halogenated alkanes) is 13. The Balaban J connectivity index is 1.94. The zero-order chi connectivity index (χ0) is 23.3. The van der Waals surface area contributed by atoms with Crippen molar-refractivity contribution < 1.29 is 9.53 Å². The van der Waals surface area contributed by atoms with E-state index in [0.717, 1.165) is 24.4 Å². The first-order valence-corrected chi connectivity index (χ1v) is 13.4. The van der Waals surface area contributed by atoms with Crippen LogP contribution in [-0.2, 0) is 4.79 Å². The van der Waals surface area contributed by atoms with Gasteiger partial charge < -0.3 is 15.4 Å². The maximum absolute atomic E-state index is 12.2. The summed E-state index contributed by atoms with van der Waals surface area (Å²) < 4.78 is 5.80. The summed E-state index contributed by atoms with van der Waals surface area (Å²) in [6.07, 6.45) is 19.1. The Morgan fingerprint density at radius 2 is 1.34 bits per heavy atom. The van der Waals surface area contributed by atoms with Crippen LogP contribution in [0.5, 0.6) is 5.75 Å². The Hall–Kier alpha value is -1.55. The van der Waals surface area contributed by atoms with E-state index in [4.69, 9.17) is 4.74 Å². The van der Waals surface area contributed by atoms with Crippen molar-refractivity contribution in [3.8, 4) is 5.75 Å². The van der Waals surface area contributed by atoms with Gasteiger partial charge in [0.25, 0.3) is 0 Å². The highest BCUT2D eigenvalue weighted by atomic mass is 16.5. The standard InChI is InChI=1S/C28H50N2O2/c1-4-5-6-7-8-9-10-11-12-13-14-15-16-19-22-29-23-28(31)30-26-20-17-18-21-27(26)32-24-25(2)3/h17-18,20-21,25,29H,4-16,19,22-24H2,1-3H3,(H,30,31). The van der Waals surface area contributed by atoms with Crippen LogP contribution in [0.4, 0.5) is 5.69 Å². The summed E-state index contributed by atoms with van der Waals surface area (Å²) in [6.45, 7) is 8.39. The molecular weight excluding hydrogens is 396 g/mol. The summed E-state index contributed by atoms with van der Waals surface area (Å²) in [5.74, 6) is 1.17. The molecule has 1 aromatic carbocycles. The van der Waals surface area contributed by atoms with Crippen LogP contribution in [0.15, 0.2) is 24.3 Å². The molecule has 0 unspecified atom stereocenters. The third-order valence-electron chi connectivity index (χ3n) is 5.73. The summed E-state index contributed by atoms with van der Waals surface area (Å²) in [5, 5.41) is 6.23. The fourth-order valence-corrected chi connectivity index (χ4v) is 3.79. The zero-order valence-electron chi connectivity index (χ0n) is 21.2. The fraction of sp³-hybridized carbons (Fsp3) is 0.750. The van der Waals surface area contributed by atoms with Crippen LogP contribution in [-0.4, -0.2) is 25.6 Å². The lowest BCUT2D eigenvalue weighted by molar-refractivity contribution is -0.115. The maximum Gasteiger partial charge on any atom is 0.238 e. The second-order valence-corrected chi connectivity index (χ2v) is 9.52. The van der Waals surface area contributed by atoms with Gasteiger partial charge in [0.05, 0.1) is 18.8 Å². The molecule has 0 aliphatic carbocycles. The minimum Gasteiger partial charge on any atom is -0.491 e. The summed E-state index contributed by atoms with van der Waals surface area (Å²) in [5.41, 5.74) is 0.747. The molecule has 0 aliphatic rings. The molecule has 0 saturated heterocycles. The summed E-state index contributed by atoms with van der Waals surface area (Å²) in [6, 6.07) is 7.64. The van der Waals surface area contributed by atoms with Gasteiger partial charge in [0.1, 0.15) is 5.75 Å². The van der Waals surface area contributed by atoms with Gasteiger partial charge in [0.15, 0.2) is 0 Å². The minimum atomic E-state index is -0.0176. The number of anilines is 1. The summed E-state index contributed by atoms with van der Waals surface area (Å²) in [7, 11) is 0. The quantitative estimate of drug-likeness (QED) is 0.190. The van der Waals surface area contributed by atoms with Gasteiger partial charge in [-0.25, -0.2) is 0 Å². The lowest BCUT2D eigenvalue weighted by atomic mass is 10.0. The Morgan fingerprint density at radius 3 is 1.91 bits per heavy atom. The van der Waals surface area contributed by atoms with Crippen LogP contribution < -0.4 is 15.4 Å². The van der Waals surface area contributed by atoms with E-state index in [-0.39, 0.29) is 5.91 Å². The predicted octanol–water partition coefficient (Wildman–Crippen LogP) is 7.73. The molecule has 1 aromatic rings. The molecule has 0 aliphatic heterocycles. The number of carbonyl (C=O) groups is 1. The Bertz CT molecular complexity index is 574. The molecule has 32 heavy (non-hydrogen) atoms. The molecule has 0 radical (unpaired) electrons. The molecule has 0 saturated carbocycles. The predicted molar refractivity (Wildman–Crippen MR) is 139 cm³/mol. The zero-order valence-corrected chi connectivity index (χ0v) is 21.2. The Labute approximate surface area is 198 Å². The number of hydrogen-bond donors (Lipinski definition) is 2. The van der Waals surface area contributed by atoms with Crippen molar-refractivity contribution in [3.05, 3.63) is 24.3 Å². The second kappa shape index (κ2) is 20.1. The normalized spacial score (nSPS) is 11.1. The third kappa shape index (κ3) is 16.1. The van der Waals surface area contributed by atoms with E-state index < -0.39 is 0 Å². The number of amides is 1. The topological polar surface area (TPSA) is 50.4 Å². The summed E-state index contributed by atoms with van der Waals surface area (Å²) in [4.78, 5) is 12.2. The third-order valence-corrected chi connectivity index (χ3v) is 5.73. The van der Waals surface area contributed by atoms with Gasteiger partial charge in [-0.2, -0.15) is 0 Å². The largest absolute Gasteiger partial charge is 0.491 e. The molecular formula is C28H50N2O2. The second-order valence-electron chi connectivity index (χ2n) is 9.52. The smallest absolute Gasteiger partial charge is 0.238 e. The first-order chi connectivity index (χ1) is 15.6. The maximum atomic E-state index is 12.2. The molecule has 0 bridgehead atoms. The lowest BCUT2D eigenvalue weighted by Crippen LogP contribution is -2.29. The van der Waals surface area contributed by atoms with Crippen molar-refractivity contribution in [2.24, 2.45) is 5.92 Å². The molecule has 0 aromatic heterocycles. The number of para-hydroxylation sites is 2. The van der Waals surface area contributed by atoms with E-state index >= 15 is 0 Å². The molecule has 0 atom stereocenters. The Kier molecular flexibility index (Phi) is 17.9. The highest BCUT2D eigenvalue weighted by molar-refractivity contribution is 5.93. The number of hydrogen-bond acceptors (Lipinski definition) is 3. The lowest BCUT2D eigenvalue weighted by Gasteiger charge is -2.14. The van der Waals surface area contributed by atoms with Crippen molar-refractivity contribution >= 4 is 11.6 Å². The van der Waals surface area contributed by atoms with E-state index in [1.165, 1.54) is 83.5 Å². The number of ether oxygens (including phenoxy) is 1. The van der Waals surface area contributed by atoms with Gasteiger partial charge in [-0.05, 0) is 31.0 Å². The van der Waals surface area contributed by atoms with Gasteiger partial charge in [-0.1, -0.05) is 116 Å². The van der Waals surface area contributed by atoms with Crippen LogP contribution in [0.3, 0.4) is 0 Å². The van der Waals surface area contributed by atoms with Crippen LogP contribution >= 0.6 is 0 Å². The molecule has 0 spiro atoms. The van der Waals surface area contributed by atoms with E-state index in [2.05, 4.69) is 31.4 Å². The highest BCUT2D eigenvalue weighted by Gasteiger charge is 2.08. The minimum absolute atomic E-state index is 0.0176. The molecule has 2 N–H and O–H groups in total. The van der Waals surface area contributed by atoms with Crippen LogP contribution in [0, 0.1) is 5.92 Å². The first-order valence-electron chi connectivity index (χ1n) is 13.4. The van der Waals surface area contributed by atoms with Crippen molar-refractivity contribution in [2.75, 3.05) is 25.0 Å². The summed E-state index contributed by atoms with van der Waals surface area (Å²) >= 11 is 0. The van der Waals surface area contributed by atoms with Crippen molar-refractivity contribution in [1.82, 2.24) is 5.32 Å². The molecule has 1 amide bonds. The molecule has 184 valence electrons. The first kappa shape index (κ1) is 28.5. The van der Waals surface area contributed by atoms with Crippen molar-refractivity contribution in [2.45, 2.75) is 111 Å². The van der Waals surface area contributed by atoms with Gasteiger partial charge in [-0.3, -0.25) is 4.79 Å². The van der Waals surface area contributed by atoms with Gasteiger partial charge in [0, 0.05) is 0 Å². The number of nitrogens with one attached hydrogen (secondary N) is 2. The van der Waals surface area contributed by atoms with E-state index in [9.17, 15) is 4.79 Å². The van der Waals surface area contributed by atoms with Gasteiger partial charge in [-0.15, -0.1) is 0 Å². The SMILES string of the molecule is CCCCCCCCCCCCCCCCNCC(=O)Nc1ccccc1OCC(C)C. The molecule has 4 nitrogen and oxygen atoms in total. The number of benzene rings is 1. The van der Waals surface area contributed by atoms with Crippen molar-refractivity contribution in [1.29, 1.82) is 0 Å². The molecule has 1 rings (SSSR count).